The Balaban J connectivity index is 2.23. The number of hydrogen-bond acceptors (Lipinski definition) is 3. The van der Waals surface area contributed by atoms with Gasteiger partial charge in [-0.1, -0.05) is 36.4 Å². The highest BCUT2D eigenvalue weighted by Crippen LogP contribution is 2.30. The van der Waals surface area contributed by atoms with Gasteiger partial charge < -0.3 is 15.3 Å². The van der Waals surface area contributed by atoms with Crippen molar-refractivity contribution in [3.63, 3.8) is 0 Å². The summed E-state index contributed by atoms with van der Waals surface area (Å²) in [6, 6.07) is 13.6. The minimum absolute atomic E-state index is 0.320. The molecule has 0 atom stereocenters. The van der Waals surface area contributed by atoms with Crippen molar-refractivity contribution in [3.8, 4) is 5.75 Å². The molecule has 3 heteroatoms. The predicted octanol–water partition coefficient (Wildman–Crippen LogP) is 2.90. The fraction of sp³-hybridized carbons (Fsp3) is 0.188. The highest BCUT2D eigenvalue weighted by Gasteiger charge is 2.10. The number of nitrogens with two attached hydrogens (primary N) is 1. The summed E-state index contributed by atoms with van der Waals surface area (Å²) in [6.45, 7) is 2.40. The van der Waals surface area contributed by atoms with Crippen LogP contribution in [0.2, 0.25) is 0 Å². The van der Waals surface area contributed by atoms with Crippen LogP contribution in [0.3, 0.4) is 0 Å². The average Bonchev–Trinajstić information content (AvgIpc) is 2.43. The number of benzene rings is 2. The molecule has 0 radical (unpaired) electrons. The van der Waals surface area contributed by atoms with Crippen molar-refractivity contribution in [2.24, 2.45) is 0 Å². The third kappa shape index (κ3) is 3.13. The van der Waals surface area contributed by atoms with Crippen LogP contribution in [0.15, 0.2) is 42.5 Å². The number of aldehydes is 1. The van der Waals surface area contributed by atoms with Gasteiger partial charge in [0.05, 0.1) is 5.69 Å². The van der Waals surface area contributed by atoms with E-state index in [1.165, 1.54) is 0 Å². The Morgan fingerprint density at radius 1 is 1.16 bits per heavy atom. The van der Waals surface area contributed by atoms with Crippen LogP contribution < -0.4 is 10.5 Å². The molecule has 0 unspecified atom stereocenters. The van der Waals surface area contributed by atoms with Gasteiger partial charge in [0.15, 0.2) is 0 Å². The molecule has 2 aromatic carbocycles. The van der Waals surface area contributed by atoms with Crippen molar-refractivity contribution in [3.05, 3.63) is 59.2 Å². The van der Waals surface area contributed by atoms with Crippen molar-refractivity contribution in [1.29, 1.82) is 0 Å². The fourth-order valence-corrected chi connectivity index (χ4v) is 1.98. The van der Waals surface area contributed by atoms with E-state index in [-0.39, 0.29) is 0 Å². The molecule has 2 aromatic rings. The van der Waals surface area contributed by atoms with Crippen LogP contribution >= 0.6 is 0 Å². The minimum atomic E-state index is 0.320. The molecular formula is C16H17NO2. The normalized spacial score (nSPS) is 10.2. The van der Waals surface area contributed by atoms with Crippen LogP contribution in [0, 0.1) is 6.92 Å². The highest BCUT2D eigenvalue weighted by atomic mass is 16.5. The summed E-state index contributed by atoms with van der Waals surface area (Å²) < 4.78 is 5.80. The number of hydrogen-bond donors (Lipinski definition) is 1. The molecule has 0 aliphatic rings. The third-order valence-electron chi connectivity index (χ3n) is 3.04. The van der Waals surface area contributed by atoms with Crippen molar-refractivity contribution < 1.29 is 9.53 Å². The molecule has 0 saturated carbocycles. The van der Waals surface area contributed by atoms with Gasteiger partial charge in [-0.2, -0.15) is 0 Å². The van der Waals surface area contributed by atoms with Crippen LogP contribution in [-0.2, 0) is 17.8 Å². The van der Waals surface area contributed by atoms with Crippen molar-refractivity contribution in [2.75, 3.05) is 5.73 Å². The predicted molar refractivity (Wildman–Crippen MR) is 76.1 cm³/mol. The monoisotopic (exact) mass is 255 g/mol. The fourth-order valence-electron chi connectivity index (χ4n) is 1.98. The average molecular weight is 255 g/mol. The molecule has 2 N–H and O–H groups in total. The molecule has 0 saturated heterocycles. The van der Waals surface area contributed by atoms with E-state index in [9.17, 15) is 4.79 Å². The quantitative estimate of drug-likeness (QED) is 0.660. The maximum absolute atomic E-state index is 10.8. The molecule has 0 heterocycles. The number of rotatable bonds is 5. The molecule has 0 aliphatic heterocycles. The summed E-state index contributed by atoms with van der Waals surface area (Å²) in [6.07, 6.45) is 1.19. The Bertz CT molecular complexity index is 564. The lowest BCUT2D eigenvalue weighted by molar-refractivity contribution is -0.107. The Morgan fingerprint density at radius 2 is 1.89 bits per heavy atom. The maximum atomic E-state index is 10.8. The molecule has 3 nitrogen and oxygen atoms in total. The van der Waals surface area contributed by atoms with Crippen molar-refractivity contribution in [1.82, 2.24) is 0 Å². The molecule has 0 fully saturated rings. The summed E-state index contributed by atoms with van der Waals surface area (Å²) in [4.78, 5) is 10.8. The molecule has 0 aliphatic carbocycles. The zero-order valence-corrected chi connectivity index (χ0v) is 10.9. The van der Waals surface area contributed by atoms with Gasteiger partial charge in [0.25, 0.3) is 0 Å². The molecule has 0 amide bonds. The van der Waals surface area contributed by atoms with E-state index in [2.05, 4.69) is 0 Å². The molecular weight excluding hydrogens is 238 g/mol. The number of aryl methyl sites for hydroxylation is 1. The molecule has 0 aromatic heterocycles. The second-order valence-corrected chi connectivity index (χ2v) is 4.42. The van der Waals surface area contributed by atoms with Gasteiger partial charge >= 0.3 is 0 Å². The largest absolute Gasteiger partial charge is 0.486 e. The Morgan fingerprint density at radius 3 is 2.58 bits per heavy atom. The van der Waals surface area contributed by atoms with E-state index in [0.29, 0.717) is 24.5 Å². The number of nitrogen functional groups attached to an aromatic ring is 1. The number of anilines is 1. The lowest BCUT2D eigenvalue weighted by Gasteiger charge is -2.15. The van der Waals surface area contributed by atoms with E-state index in [4.69, 9.17) is 10.5 Å². The maximum Gasteiger partial charge on any atom is 0.146 e. The highest BCUT2D eigenvalue weighted by molar-refractivity contribution is 5.66. The molecule has 0 bridgehead atoms. The van der Waals surface area contributed by atoms with E-state index in [1.54, 1.807) is 0 Å². The van der Waals surface area contributed by atoms with E-state index < -0.39 is 0 Å². The Hall–Kier alpha value is -2.29. The van der Waals surface area contributed by atoms with Gasteiger partial charge in [0.1, 0.15) is 18.6 Å². The van der Waals surface area contributed by atoms with Gasteiger partial charge in [-0.15, -0.1) is 0 Å². The van der Waals surface area contributed by atoms with Gasteiger partial charge in [-0.25, -0.2) is 0 Å². The van der Waals surface area contributed by atoms with Gasteiger partial charge in [-0.05, 0) is 24.1 Å². The number of carbonyl (C=O) groups excluding carboxylic acids is 1. The van der Waals surface area contributed by atoms with Crippen LogP contribution in [0.1, 0.15) is 16.7 Å². The zero-order valence-electron chi connectivity index (χ0n) is 10.9. The SMILES string of the molecule is Cc1ccc(N)c(OCc2ccccc2)c1CC=O. The van der Waals surface area contributed by atoms with Gasteiger partial charge in [-0.3, -0.25) is 0 Å². The lowest BCUT2D eigenvalue weighted by atomic mass is 10.0. The number of ether oxygens (including phenoxy) is 1. The standard InChI is InChI=1S/C16H17NO2/c1-12-7-8-15(17)16(14(12)9-10-18)19-11-13-5-3-2-4-6-13/h2-8,10H,9,11,17H2,1H3. The Kier molecular flexibility index (Phi) is 4.18. The summed E-state index contributed by atoms with van der Waals surface area (Å²) in [5.41, 5.74) is 9.47. The van der Waals surface area contributed by atoms with Gasteiger partial charge in [0, 0.05) is 12.0 Å². The summed E-state index contributed by atoms with van der Waals surface area (Å²) in [5, 5.41) is 0. The summed E-state index contributed by atoms with van der Waals surface area (Å²) in [7, 11) is 0. The first-order chi connectivity index (χ1) is 9.22. The Labute approximate surface area is 113 Å². The zero-order chi connectivity index (χ0) is 13.7. The van der Waals surface area contributed by atoms with Crippen molar-refractivity contribution >= 4 is 12.0 Å². The molecule has 98 valence electrons. The molecule has 2 rings (SSSR count). The first-order valence-corrected chi connectivity index (χ1v) is 6.20. The van der Waals surface area contributed by atoms with Crippen LogP contribution in [0.5, 0.6) is 5.75 Å². The third-order valence-corrected chi connectivity index (χ3v) is 3.04. The topological polar surface area (TPSA) is 52.3 Å². The van der Waals surface area contributed by atoms with E-state index in [1.807, 2.05) is 49.4 Å². The summed E-state index contributed by atoms with van der Waals surface area (Å²) >= 11 is 0. The molecule has 0 spiro atoms. The minimum Gasteiger partial charge on any atom is -0.486 e. The van der Waals surface area contributed by atoms with Gasteiger partial charge in [0.2, 0.25) is 0 Å². The lowest BCUT2D eigenvalue weighted by Crippen LogP contribution is -2.04. The molecule has 19 heavy (non-hydrogen) atoms. The first kappa shape index (κ1) is 13.1. The van der Waals surface area contributed by atoms with Crippen LogP contribution in [0.4, 0.5) is 5.69 Å². The second-order valence-electron chi connectivity index (χ2n) is 4.42. The van der Waals surface area contributed by atoms with Crippen molar-refractivity contribution in [2.45, 2.75) is 20.0 Å². The summed E-state index contributed by atoms with van der Waals surface area (Å²) in [5.74, 6) is 0.621. The van der Waals surface area contributed by atoms with Crippen LogP contribution in [-0.4, -0.2) is 6.29 Å². The van der Waals surface area contributed by atoms with Crippen LogP contribution in [0.25, 0.3) is 0 Å². The van der Waals surface area contributed by atoms with E-state index >= 15 is 0 Å². The smallest absolute Gasteiger partial charge is 0.146 e. The number of carbonyl (C=O) groups is 1. The second kappa shape index (κ2) is 6.05. The van der Waals surface area contributed by atoms with E-state index in [0.717, 1.165) is 23.0 Å². The first-order valence-electron chi connectivity index (χ1n) is 6.20.